The van der Waals surface area contributed by atoms with E-state index in [-0.39, 0.29) is 50.5 Å². The van der Waals surface area contributed by atoms with Crippen LogP contribution in [-0.4, -0.2) is 92.1 Å². The number of fused-ring (bicyclic) bond motifs is 1. The number of halogens is 3. The number of aromatic nitrogens is 1. The molecule has 0 atom stereocenters. The van der Waals surface area contributed by atoms with Gasteiger partial charge in [-0.1, -0.05) is 12.1 Å². The first-order valence-electron chi connectivity index (χ1n) is 14.5. The molecule has 2 saturated heterocycles. The summed E-state index contributed by atoms with van der Waals surface area (Å²) in [5.74, 6) is -1.36. The number of sulfone groups is 1. The molecule has 0 unspecified atom stereocenters. The second-order valence-electron chi connectivity index (χ2n) is 11.5. The molecule has 0 amide bonds. The van der Waals surface area contributed by atoms with Gasteiger partial charge in [-0.3, -0.25) is 9.80 Å². The number of nitrogens with zero attached hydrogens (tertiary/aromatic N) is 3. The van der Waals surface area contributed by atoms with Crippen LogP contribution in [0, 0.1) is 0 Å². The summed E-state index contributed by atoms with van der Waals surface area (Å²) in [6, 6.07) is 7.62. The summed E-state index contributed by atoms with van der Waals surface area (Å²) < 4.78 is 78.5. The zero-order valence-corrected chi connectivity index (χ0v) is 25.7. The molecule has 2 aliphatic rings. The molecule has 2 aromatic carbocycles. The fourth-order valence-electron chi connectivity index (χ4n) is 6.04. The van der Waals surface area contributed by atoms with Crippen LogP contribution in [0.25, 0.3) is 22.2 Å². The van der Waals surface area contributed by atoms with Crippen molar-refractivity contribution in [1.82, 2.24) is 14.8 Å². The summed E-state index contributed by atoms with van der Waals surface area (Å²) in [5, 5.41) is 9.83. The van der Waals surface area contributed by atoms with Crippen molar-refractivity contribution in [3.8, 4) is 17.0 Å². The van der Waals surface area contributed by atoms with E-state index < -0.39 is 32.8 Å². The van der Waals surface area contributed by atoms with E-state index >= 15 is 0 Å². The maximum Gasteiger partial charge on any atom is 0.416 e. The number of morpholine rings is 1. The topological polar surface area (TPSA) is 109 Å². The molecule has 0 radical (unpaired) electrons. The Hall–Kier alpha value is -3.26. The number of piperidine rings is 1. The van der Waals surface area contributed by atoms with E-state index in [1.807, 2.05) is 0 Å². The number of alkyl halides is 3. The number of methoxy groups -OCH3 is 1. The van der Waals surface area contributed by atoms with E-state index in [0.29, 0.717) is 32.3 Å². The number of likely N-dealkylation sites (tertiary alicyclic amines) is 1. The van der Waals surface area contributed by atoms with Gasteiger partial charge in [0.15, 0.2) is 9.84 Å². The Balaban J connectivity index is 1.67. The average molecular weight is 636 g/mol. The monoisotopic (exact) mass is 635 g/mol. The fourth-order valence-corrected chi connectivity index (χ4v) is 7.25. The molecular formula is C31H36F3N3O6S. The van der Waals surface area contributed by atoms with Gasteiger partial charge in [-0.25, -0.2) is 18.2 Å². The Bertz CT molecular complexity index is 1650. The Labute approximate surface area is 254 Å². The molecule has 1 N–H and O–H groups in total. The predicted octanol–water partition coefficient (Wildman–Crippen LogP) is 5.11. The first-order valence-corrected chi connectivity index (χ1v) is 16.1. The van der Waals surface area contributed by atoms with Gasteiger partial charge in [0, 0.05) is 48.3 Å². The lowest BCUT2D eigenvalue weighted by molar-refractivity contribution is -0.137. The third kappa shape index (κ3) is 6.42. The molecule has 9 nitrogen and oxygen atoms in total. The van der Waals surface area contributed by atoms with Crippen LogP contribution in [0.5, 0.6) is 5.75 Å². The van der Waals surface area contributed by atoms with Crippen molar-refractivity contribution in [1.29, 1.82) is 0 Å². The molecule has 0 saturated carbocycles. The van der Waals surface area contributed by atoms with Crippen molar-refractivity contribution in [2.75, 3.05) is 46.5 Å². The fraction of sp³-hybridized carbons (Fsp3) is 0.484. The number of hydrogen-bond donors (Lipinski definition) is 1. The standard InChI is InChI=1S/C31H36F3N3O6S/c1-19(2)44(40,41)27-16-23-25(17-26(27)42-3)35-29(20-5-4-6-21(15-20)31(32,33)34)24(28(23)30(38)39)18-36-9-7-22(8-10-36)37-11-13-43-14-12-37/h4-6,15-17,19,22H,7-14,18H2,1-3H3,(H,38,39). The average Bonchev–Trinajstić information content (AvgIpc) is 3.00. The minimum Gasteiger partial charge on any atom is -0.495 e. The summed E-state index contributed by atoms with van der Waals surface area (Å²) in [7, 11) is -2.60. The smallest absolute Gasteiger partial charge is 0.416 e. The first kappa shape index (κ1) is 32.1. The molecule has 0 bridgehead atoms. The van der Waals surface area contributed by atoms with Gasteiger partial charge in [-0.15, -0.1) is 0 Å². The number of rotatable bonds is 8. The van der Waals surface area contributed by atoms with E-state index in [9.17, 15) is 31.5 Å². The SMILES string of the molecule is COc1cc2nc(-c3cccc(C(F)(F)F)c3)c(CN3CCC(N4CCOCC4)CC3)c(C(=O)O)c2cc1S(=O)(=O)C(C)C. The van der Waals surface area contributed by atoms with Gasteiger partial charge in [-0.2, -0.15) is 13.2 Å². The Morgan fingerprint density at radius 2 is 1.80 bits per heavy atom. The second kappa shape index (κ2) is 12.6. The van der Waals surface area contributed by atoms with Crippen LogP contribution in [0.15, 0.2) is 41.3 Å². The van der Waals surface area contributed by atoms with E-state index in [0.717, 1.165) is 38.1 Å². The van der Waals surface area contributed by atoms with Crippen LogP contribution in [0.1, 0.15) is 48.2 Å². The highest BCUT2D eigenvalue weighted by Crippen LogP contribution is 2.39. The number of carbonyl (C=O) groups is 1. The molecular weight excluding hydrogens is 599 g/mol. The number of pyridine rings is 1. The summed E-state index contributed by atoms with van der Waals surface area (Å²) >= 11 is 0. The van der Waals surface area contributed by atoms with E-state index in [1.165, 1.54) is 45.2 Å². The van der Waals surface area contributed by atoms with Crippen molar-refractivity contribution >= 4 is 26.7 Å². The zero-order chi connectivity index (χ0) is 31.8. The minimum absolute atomic E-state index is 0.0250. The zero-order valence-electron chi connectivity index (χ0n) is 24.9. The number of benzene rings is 2. The van der Waals surface area contributed by atoms with Crippen molar-refractivity contribution in [3.05, 3.63) is 53.1 Å². The summed E-state index contributed by atoms with van der Waals surface area (Å²) in [5.41, 5.74) is -0.544. The quantitative estimate of drug-likeness (QED) is 0.361. The molecule has 0 spiro atoms. The van der Waals surface area contributed by atoms with E-state index in [2.05, 4.69) is 14.8 Å². The van der Waals surface area contributed by atoms with Crippen LogP contribution in [-0.2, 0) is 27.3 Å². The molecule has 3 aromatic rings. The number of carboxylic acids is 1. The van der Waals surface area contributed by atoms with Gasteiger partial charge in [0.1, 0.15) is 10.6 Å². The van der Waals surface area contributed by atoms with Crippen LogP contribution in [0.3, 0.4) is 0 Å². The molecule has 1 aromatic heterocycles. The van der Waals surface area contributed by atoms with Gasteiger partial charge < -0.3 is 14.6 Å². The Morgan fingerprint density at radius 3 is 2.39 bits per heavy atom. The number of ether oxygens (including phenoxy) is 2. The van der Waals surface area contributed by atoms with Crippen LogP contribution in [0.2, 0.25) is 0 Å². The molecule has 44 heavy (non-hydrogen) atoms. The summed E-state index contributed by atoms with van der Waals surface area (Å²) in [6.07, 6.45) is -2.93. The van der Waals surface area contributed by atoms with Gasteiger partial charge in [0.2, 0.25) is 0 Å². The highest BCUT2D eigenvalue weighted by Gasteiger charge is 2.33. The van der Waals surface area contributed by atoms with Crippen molar-refractivity contribution in [2.24, 2.45) is 0 Å². The lowest BCUT2D eigenvalue weighted by atomic mass is 9.94. The maximum atomic E-state index is 13.7. The third-order valence-electron chi connectivity index (χ3n) is 8.48. The maximum absolute atomic E-state index is 13.7. The third-order valence-corrected chi connectivity index (χ3v) is 10.6. The van der Waals surface area contributed by atoms with E-state index in [4.69, 9.17) is 9.47 Å². The minimum atomic E-state index is -4.62. The first-order chi connectivity index (χ1) is 20.8. The van der Waals surface area contributed by atoms with Crippen molar-refractivity contribution < 1.29 is 41.0 Å². The molecule has 2 aliphatic heterocycles. The van der Waals surface area contributed by atoms with Gasteiger partial charge >= 0.3 is 12.1 Å². The van der Waals surface area contributed by atoms with Crippen molar-refractivity contribution in [2.45, 2.75) is 55.6 Å². The van der Waals surface area contributed by atoms with E-state index in [1.54, 1.807) is 0 Å². The van der Waals surface area contributed by atoms with Crippen LogP contribution >= 0.6 is 0 Å². The van der Waals surface area contributed by atoms with Gasteiger partial charge in [0.25, 0.3) is 0 Å². The normalized spacial score (nSPS) is 17.8. The summed E-state index contributed by atoms with van der Waals surface area (Å²) in [6.45, 7) is 7.52. The van der Waals surface area contributed by atoms with Gasteiger partial charge in [-0.05, 0) is 58.0 Å². The second-order valence-corrected chi connectivity index (χ2v) is 13.9. The largest absolute Gasteiger partial charge is 0.495 e. The van der Waals surface area contributed by atoms with Crippen LogP contribution in [0.4, 0.5) is 13.2 Å². The molecule has 238 valence electrons. The highest BCUT2D eigenvalue weighted by atomic mass is 32.2. The molecule has 13 heteroatoms. The van der Waals surface area contributed by atoms with Crippen LogP contribution < -0.4 is 4.74 Å². The lowest BCUT2D eigenvalue weighted by Crippen LogP contribution is -2.48. The number of hydrogen-bond acceptors (Lipinski definition) is 8. The molecule has 2 fully saturated rings. The predicted molar refractivity (Wildman–Crippen MR) is 159 cm³/mol. The molecule has 0 aliphatic carbocycles. The summed E-state index contributed by atoms with van der Waals surface area (Å²) in [4.78, 5) is 22.0. The molecule has 5 rings (SSSR count). The number of carboxylic acid groups (broad SMARTS) is 1. The highest BCUT2D eigenvalue weighted by molar-refractivity contribution is 7.92. The Kier molecular flexibility index (Phi) is 9.22. The van der Waals surface area contributed by atoms with Crippen molar-refractivity contribution in [3.63, 3.8) is 0 Å². The lowest BCUT2D eigenvalue weighted by Gasteiger charge is -2.40. The molecule has 3 heterocycles. The number of aromatic carboxylic acids is 1. The Morgan fingerprint density at radius 1 is 1.11 bits per heavy atom. The van der Waals surface area contributed by atoms with Gasteiger partial charge in [0.05, 0.1) is 47.9 Å².